The van der Waals surface area contributed by atoms with Crippen LogP contribution in [0.1, 0.15) is 31.0 Å². The van der Waals surface area contributed by atoms with Crippen molar-refractivity contribution in [2.75, 3.05) is 5.73 Å². The van der Waals surface area contributed by atoms with Crippen molar-refractivity contribution < 1.29 is 0 Å². The third-order valence-electron chi connectivity index (χ3n) is 3.49. The van der Waals surface area contributed by atoms with Crippen molar-refractivity contribution in [3.05, 3.63) is 39.9 Å². The van der Waals surface area contributed by atoms with Crippen molar-refractivity contribution in [3.63, 3.8) is 0 Å². The van der Waals surface area contributed by atoms with E-state index in [0.717, 1.165) is 32.9 Å². The van der Waals surface area contributed by atoms with Crippen molar-refractivity contribution in [2.24, 2.45) is 0 Å². The van der Waals surface area contributed by atoms with E-state index >= 15 is 0 Å². The molecule has 0 saturated heterocycles. The number of fused-ring (bicyclic) bond motifs is 1. The minimum Gasteiger partial charge on any atom is -0.397 e. The number of hydrogen-bond acceptors (Lipinski definition) is 4. The maximum Gasteiger partial charge on any atom is 0.142 e. The van der Waals surface area contributed by atoms with E-state index in [1.165, 1.54) is 0 Å². The van der Waals surface area contributed by atoms with Crippen LogP contribution in [-0.2, 0) is 0 Å². The molecule has 5 heteroatoms. The molecule has 2 heterocycles. The van der Waals surface area contributed by atoms with E-state index in [0.29, 0.717) is 16.6 Å². The fourth-order valence-electron chi connectivity index (χ4n) is 2.22. The minimum absolute atomic E-state index is 0.413. The molecule has 3 aromatic rings. The molecule has 3 nitrogen and oxygen atoms in total. The Morgan fingerprint density at radius 2 is 2.00 bits per heavy atom. The normalized spacial score (nSPS) is 11.5. The molecule has 1 aromatic carbocycles. The molecule has 108 valence electrons. The molecular formula is C16H16ClN3S. The minimum atomic E-state index is 0.413. The van der Waals surface area contributed by atoms with E-state index in [4.69, 9.17) is 17.3 Å². The van der Waals surface area contributed by atoms with Crippen LogP contribution >= 0.6 is 22.9 Å². The Morgan fingerprint density at radius 3 is 2.67 bits per heavy atom. The number of nitrogens with two attached hydrogens (primary N) is 1. The van der Waals surface area contributed by atoms with Crippen LogP contribution in [0.2, 0.25) is 5.02 Å². The molecule has 0 bridgehead atoms. The van der Waals surface area contributed by atoms with E-state index < -0.39 is 0 Å². The lowest BCUT2D eigenvalue weighted by molar-refractivity contribution is 0.834. The second kappa shape index (κ2) is 5.28. The first-order valence-electron chi connectivity index (χ1n) is 6.78. The Morgan fingerprint density at radius 1 is 1.24 bits per heavy atom. The van der Waals surface area contributed by atoms with Crippen molar-refractivity contribution in [2.45, 2.75) is 26.7 Å². The number of halogens is 1. The van der Waals surface area contributed by atoms with Crippen molar-refractivity contribution >= 4 is 39.5 Å². The molecular weight excluding hydrogens is 302 g/mol. The first-order chi connectivity index (χ1) is 9.97. The summed E-state index contributed by atoms with van der Waals surface area (Å²) in [4.78, 5) is 9.34. The number of nitrogen functional groups attached to an aromatic ring is 1. The summed E-state index contributed by atoms with van der Waals surface area (Å²) in [6.07, 6.45) is 0. The molecule has 3 rings (SSSR count). The quantitative estimate of drug-likeness (QED) is 0.675. The predicted molar refractivity (Wildman–Crippen MR) is 91.1 cm³/mol. The Bertz CT molecular complexity index is 824. The summed E-state index contributed by atoms with van der Waals surface area (Å²) < 4.78 is 0. The number of anilines is 1. The Labute approximate surface area is 132 Å². The number of thiazole rings is 1. The number of rotatable bonds is 2. The molecule has 0 saturated carbocycles. The van der Waals surface area contributed by atoms with Gasteiger partial charge in [-0.05, 0) is 30.5 Å². The summed E-state index contributed by atoms with van der Waals surface area (Å²) in [6.45, 7) is 6.32. The summed E-state index contributed by atoms with van der Waals surface area (Å²) in [5, 5.41) is 4.54. The number of hydrogen-bond donors (Lipinski definition) is 1. The number of nitrogens with zero attached hydrogens (tertiary/aromatic N) is 2. The first-order valence-corrected chi connectivity index (χ1v) is 8.04. The molecule has 0 atom stereocenters. The first kappa shape index (κ1) is 14.3. The van der Waals surface area contributed by atoms with Crippen molar-refractivity contribution in [3.8, 4) is 10.7 Å². The number of pyridine rings is 1. The Balaban J connectivity index is 2.21. The van der Waals surface area contributed by atoms with Gasteiger partial charge in [-0.2, -0.15) is 0 Å². The highest BCUT2D eigenvalue weighted by Gasteiger charge is 2.13. The average Bonchev–Trinajstić information content (AvgIpc) is 2.93. The molecule has 0 amide bonds. The topological polar surface area (TPSA) is 51.8 Å². The summed E-state index contributed by atoms with van der Waals surface area (Å²) in [5.74, 6) is 0.413. The highest BCUT2D eigenvalue weighted by Crippen LogP contribution is 2.33. The number of benzene rings is 1. The van der Waals surface area contributed by atoms with Gasteiger partial charge >= 0.3 is 0 Å². The largest absolute Gasteiger partial charge is 0.397 e. The average molecular weight is 318 g/mol. The van der Waals surface area contributed by atoms with Crippen LogP contribution in [0.3, 0.4) is 0 Å². The third kappa shape index (κ3) is 2.49. The van der Waals surface area contributed by atoms with Gasteiger partial charge in [-0.3, -0.25) is 0 Å². The van der Waals surface area contributed by atoms with Crippen molar-refractivity contribution in [1.82, 2.24) is 9.97 Å². The van der Waals surface area contributed by atoms with E-state index in [1.54, 1.807) is 11.3 Å². The molecule has 0 aliphatic rings. The summed E-state index contributed by atoms with van der Waals surface area (Å²) in [5.41, 5.74) is 10.2. The summed E-state index contributed by atoms with van der Waals surface area (Å²) in [6, 6.07) is 5.83. The fraction of sp³-hybridized carbons (Fsp3) is 0.250. The van der Waals surface area contributed by atoms with Crippen LogP contribution in [-0.4, -0.2) is 9.97 Å². The SMILES string of the molecule is Cc1cc(-c2nc(C(C)C)cs2)nc2c(Cl)c(N)ccc12. The lowest BCUT2D eigenvalue weighted by Crippen LogP contribution is -1.93. The van der Waals surface area contributed by atoms with Gasteiger partial charge in [-0.25, -0.2) is 9.97 Å². The molecule has 0 unspecified atom stereocenters. The summed E-state index contributed by atoms with van der Waals surface area (Å²) in [7, 11) is 0. The Hall–Kier alpha value is -1.65. The second-order valence-corrected chi connectivity index (χ2v) is 6.66. The fourth-order valence-corrected chi connectivity index (χ4v) is 3.37. The van der Waals surface area contributed by atoms with Crippen LogP contribution in [0.15, 0.2) is 23.6 Å². The highest BCUT2D eigenvalue weighted by atomic mass is 35.5. The molecule has 0 aliphatic heterocycles. The molecule has 0 fully saturated rings. The van der Waals surface area contributed by atoms with E-state index in [9.17, 15) is 0 Å². The number of aromatic nitrogens is 2. The lowest BCUT2D eigenvalue weighted by atomic mass is 10.1. The van der Waals surface area contributed by atoms with E-state index in [-0.39, 0.29) is 0 Å². The standard InChI is InChI=1S/C16H16ClN3S/c1-8(2)13-7-21-16(20-13)12-6-9(3)10-4-5-11(18)14(17)15(10)19-12/h4-8H,18H2,1-3H3. The van der Waals surface area contributed by atoms with Crippen molar-refractivity contribution in [1.29, 1.82) is 0 Å². The van der Waals surface area contributed by atoms with E-state index in [2.05, 4.69) is 42.2 Å². The van der Waals surface area contributed by atoms with Gasteiger partial charge in [0.25, 0.3) is 0 Å². The van der Waals surface area contributed by atoms with Crippen LogP contribution in [0.25, 0.3) is 21.6 Å². The molecule has 0 spiro atoms. The van der Waals surface area contributed by atoms with Gasteiger partial charge in [0.1, 0.15) is 5.01 Å². The smallest absolute Gasteiger partial charge is 0.142 e. The zero-order chi connectivity index (χ0) is 15.1. The predicted octanol–water partition coefficient (Wildman–Crippen LogP) is 5.03. The molecule has 2 N–H and O–H groups in total. The molecule has 21 heavy (non-hydrogen) atoms. The molecule has 0 aliphatic carbocycles. The maximum absolute atomic E-state index is 6.31. The maximum atomic E-state index is 6.31. The highest BCUT2D eigenvalue weighted by molar-refractivity contribution is 7.13. The van der Waals surface area contributed by atoms with Gasteiger partial charge in [0, 0.05) is 10.8 Å². The molecule has 0 radical (unpaired) electrons. The van der Waals surface area contributed by atoms with Crippen LogP contribution in [0.5, 0.6) is 0 Å². The molecule has 2 aromatic heterocycles. The Kier molecular flexibility index (Phi) is 3.59. The second-order valence-electron chi connectivity index (χ2n) is 5.42. The van der Waals surface area contributed by atoms with Gasteiger partial charge in [-0.1, -0.05) is 31.5 Å². The monoisotopic (exact) mass is 317 g/mol. The van der Waals surface area contributed by atoms with Crippen LogP contribution in [0, 0.1) is 6.92 Å². The summed E-state index contributed by atoms with van der Waals surface area (Å²) >= 11 is 7.92. The zero-order valence-corrected chi connectivity index (χ0v) is 13.7. The van der Waals surface area contributed by atoms with Gasteiger partial charge < -0.3 is 5.73 Å². The van der Waals surface area contributed by atoms with E-state index in [1.807, 2.05) is 12.1 Å². The van der Waals surface area contributed by atoms with Crippen LogP contribution in [0.4, 0.5) is 5.69 Å². The van der Waals surface area contributed by atoms with Gasteiger partial charge in [0.15, 0.2) is 0 Å². The lowest BCUT2D eigenvalue weighted by Gasteiger charge is -2.08. The zero-order valence-electron chi connectivity index (χ0n) is 12.1. The van der Waals surface area contributed by atoms with Gasteiger partial charge in [0.05, 0.1) is 27.6 Å². The third-order valence-corrected chi connectivity index (χ3v) is 4.77. The van der Waals surface area contributed by atoms with Gasteiger partial charge in [0.2, 0.25) is 0 Å². The van der Waals surface area contributed by atoms with Gasteiger partial charge in [-0.15, -0.1) is 11.3 Å². The number of aryl methyl sites for hydroxylation is 1. The van der Waals surface area contributed by atoms with Crippen LogP contribution < -0.4 is 5.73 Å².